The van der Waals surface area contributed by atoms with Crippen LogP contribution in [0.25, 0.3) is 0 Å². The molecule has 1 unspecified atom stereocenters. The molecule has 0 heterocycles. The number of halogens is 2. The zero-order valence-corrected chi connectivity index (χ0v) is 13.7. The first-order valence-electron chi connectivity index (χ1n) is 5.72. The SMILES string of the molecule is COCC(Br)CCNC(=O)c1cc(Br)ccc1C. The standard InChI is InChI=1S/C13H17Br2NO2/c1-9-3-4-10(14)7-12(9)13(17)16-6-5-11(15)8-18-2/h3-4,7,11H,5-6,8H2,1-2H3,(H,16,17). The Hall–Kier alpha value is -0.390. The fraction of sp³-hybridized carbons (Fsp3) is 0.462. The molecule has 0 aliphatic carbocycles. The number of rotatable bonds is 6. The van der Waals surface area contributed by atoms with Crippen LogP contribution in [-0.4, -0.2) is 31.0 Å². The van der Waals surface area contributed by atoms with E-state index in [1.165, 1.54) is 0 Å². The Bertz CT molecular complexity index is 410. The van der Waals surface area contributed by atoms with Crippen LogP contribution in [0, 0.1) is 6.92 Å². The first-order valence-corrected chi connectivity index (χ1v) is 7.43. The fourth-order valence-corrected chi connectivity index (χ4v) is 2.39. The molecule has 1 atom stereocenters. The number of hydrogen-bond donors (Lipinski definition) is 1. The second-order valence-electron chi connectivity index (χ2n) is 4.06. The van der Waals surface area contributed by atoms with Gasteiger partial charge in [0.05, 0.1) is 6.61 Å². The van der Waals surface area contributed by atoms with Gasteiger partial charge >= 0.3 is 0 Å². The summed E-state index contributed by atoms with van der Waals surface area (Å²) in [5.41, 5.74) is 1.69. The lowest BCUT2D eigenvalue weighted by molar-refractivity contribution is 0.0951. The Morgan fingerprint density at radius 1 is 1.50 bits per heavy atom. The quantitative estimate of drug-likeness (QED) is 0.771. The molecule has 5 heteroatoms. The second kappa shape index (κ2) is 7.92. The lowest BCUT2D eigenvalue weighted by Gasteiger charge is -2.11. The largest absolute Gasteiger partial charge is 0.384 e. The molecule has 0 radical (unpaired) electrons. The van der Waals surface area contributed by atoms with E-state index in [0.29, 0.717) is 18.7 Å². The van der Waals surface area contributed by atoms with Crippen molar-refractivity contribution in [3.63, 3.8) is 0 Å². The molecule has 18 heavy (non-hydrogen) atoms. The first kappa shape index (κ1) is 15.7. The van der Waals surface area contributed by atoms with Gasteiger partial charge in [-0.3, -0.25) is 4.79 Å². The molecular weight excluding hydrogens is 362 g/mol. The van der Waals surface area contributed by atoms with Gasteiger partial charge in [0.15, 0.2) is 0 Å². The van der Waals surface area contributed by atoms with Crippen molar-refractivity contribution in [1.82, 2.24) is 5.32 Å². The molecule has 0 spiro atoms. The number of alkyl halides is 1. The van der Waals surface area contributed by atoms with Gasteiger partial charge in [-0.1, -0.05) is 37.9 Å². The molecule has 1 N–H and O–H groups in total. The Labute approximate surface area is 125 Å². The van der Waals surface area contributed by atoms with Crippen molar-refractivity contribution in [2.24, 2.45) is 0 Å². The molecule has 0 aliphatic heterocycles. The summed E-state index contributed by atoms with van der Waals surface area (Å²) in [6.45, 7) is 3.20. The van der Waals surface area contributed by atoms with Crippen molar-refractivity contribution in [1.29, 1.82) is 0 Å². The van der Waals surface area contributed by atoms with Crippen molar-refractivity contribution in [3.05, 3.63) is 33.8 Å². The minimum Gasteiger partial charge on any atom is -0.384 e. The van der Waals surface area contributed by atoms with Crippen molar-refractivity contribution < 1.29 is 9.53 Å². The fourth-order valence-electron chi connectivity index (χ4n) is 1.54. The third-order valence-corrected chi connectivity index (χ3v) is 3.75. The highest BCUT2D eigenvalue weighted by Crippen LogP contribution is 2.16. The van der Waals surface area contributed by atoms with Gasteiger partial charge in [-0.05, 0) is 31.0 Å². The Morgan fingerprint density at radius 3 is 2.89 bits per heavy atom. The van der Waals surface area contributed by atoms with Crippen molar-refractivity contribution >= 4 is 37.8 Å². The number of benzene rings is 1. The molecule has 0 fully saturated rings. The normalized spacial score (nSPS) is 12.2. The predicted molar refractivity (Wildman–Crippen MR) is 80.4 cm³/mol. The van der Waals surface area contributed by atoms with E-state index in [1.807, 2.05) is 25.1 Å². The molecule has 1 amide bonds. The lowest BCUT2D eigenvalue weighted by atomic mass is 10.1. The minimum atomic E-state index is -0.0362. The molecule has 0 saturated heterocycles. The van der Waals surface area contributed by atoms with E-state index in [0.717, 1.165) is 16.5 Å². The summed E-state index contributed by atoms with van der Waals surface area (Å²) in [5, 5.41) is 2.91. The van der Waals surface area contributed by atoms with Crippen LogP contribution >= 0.6 is 31.9 Å². The zero-order chi connectivity index (χ0) is 13.5. The number of carbonyl (C=O) groups excluding carboxylic acids is 1. The summed E-state index contributed by atoms with van der Waals surface area (Å²) in [5.74, 6) is -0.0362. The number of methoxy groups -OCH3 is 1. The van der Waals surface area contributed by atoms with E-state index in [-0.39, 0.29) is 10.7 Å². The maximum Gasteiger partial charge on any atom is 0.251 e. The average Bonchev–Trinajstić information content (AvgIpc) is 2.32. The Balaban J connectivity index is 2.48. The van der Waals surface area contributed by atoms with Crippen LogP contribution in [0.15, 0.2) is 22.7 Å². The van der Waals surface area contributed by atoms with E-state index in [9.17, 15) is 4.79 Å². The highest BCUT2D eigenvalue weighted by atomic mass is 79.9. The Morgan fingerprint density at radius 2 is 2.22 bits per heavy atom. The van der Waals surface area contributed by atoms with Gasteiger partial charge in [0, 0.05) is 28.5 Å². The van der Waals surface area contributed by atoms with Crippen molar-refractivity contribution in [2.75, 3.05) is 20.3 Å². The highest BCUT2D eigenvalue weighted by Gasteiger charge is 2.10. The third kappa shape index (κ3) is 5.08. The van der Waals surface area contributed by atoms with Crippen LogP contribution in [0.3, 0.4) is 0 Å². The average molecular weight is 379 g/mol. The zero-order valence-electron chi connectivity index (χ0n) is 10.5. The van der Waals surface area contributed by atoms with Gasteiger partial charge < -0.3 is 10.1 Å². The summed E-state index contributed by atoms with van der Waals surface area (Å²) in [4.78, 5) is 12.2. The van der Waals surface area contributed by atoms with Gasteiger partial charge in [-0.2, -0.15) is 0 Å². The maximum absolute atomic E-state index is 12.0. The molecule has 3 nitrogen and oxygen atoms in total. The van der Waals surface area contributed by atoms with Gasteiger partial charge in [0.1, 0.15) is 0 Å². The minimum absolute atomic E-state index is 0.0362. The smallest absolute Gasteiger partial charge is 0.251 e. The molecule has 0 aliphatic rings. The van der Waals surface area contributed by atoms with E-state index in [4.69, 9.17) is 4.74 Å². The number of nitrogens with one attached hydrogen (secondary N) is 1. The molecule has 1 aromatic rings. The number of carbonyl (C=O) groups is 1. The van der Waals surface area contributed by atoms with Gasteiger partial charge in [0.2, 0.25) is 0 Å². The number of hydrogen-bond acceptors (Lipinski definition) is 2. The van der Waals surface area contributed by atoms with E-state index >= 15 is 0 Å². The molecule has 1 aromatic carbocycles. The van der Waals surface area contributed by atoms with Crippen LogP contribution < -0.4 is 5.32 Å². The summed E-state index contributed by atoms with van der Waals surface area (Å²) in [6, 6.07) is 5.70. The van der Waals surface area contributed by atoms with E-state index in [2.05, 4.69) is 37.2 Å². The van der Waals surface area contributed by atoms with Crippen LogP contribution in [0.2, 0.25) is 0 Å². The topological polar surface area (TPSA) is 38.3 Å². The highest BCUT2D eigenvalue weighted by molar-refractivity contribution is 9.10. The van der Waals surface area contributed by atoms with E-state index < -0.39 is 0 Å². The van der Waals surface area contributed by atoms with Gasteiger partial charge in [-0.15, -0.1) is 0 Å². The van der Waals surface area contributed by atoms with Crippen molar-refractivity contribution in [3.8, 4) is 0 Å². The number of amides is 1. The second-order valence-corrected chi connectivity index (χ2v) is 6.27. The predicted octanol–water partition coefficient (Wildman–Crippen LogP) is 3.29. The third-order valence-electron chi connectivity index (χ3n) is 2.53. The summed E-state index contributed by atoms with van der Waals surface area (Å²) < 4.78 is 5.93. The van der Waals surface area contributed by atoms with Crippen LogP contribution in [0.1, 0.15) is 22.3 Å². The summed E-state index contributed by atoms with van der Waals surface area (Å²) >= 11 is 6.86. The first-order chi connectivity index (χ1) is 8.54. The molecular formula is C13H17Br2NO2. The van der Waals surface area contributed by atoms with Crippen molar-refractivity contribution in [2.45, 2.75) is 18.2 Å². The molecule has 0 aromatic heterocycles. The summed E-state index contributed by atoms with van der Waals surface area (Å²) in [7, 11) is 1.66. The van der Waals surface area contributed by atoms with Gasteiger partial charge in [0.25, 0.3) is 5.91 Å². The molecule has 1 rings (SSSR count). The van der Waals surface area contributed by atoms with E-state index in [1.54, 1.807) is 7.11 Å². The van der Waals surface area contributed by atoms with Gasteiger partial charge in [-0.25, -0.2) is 0 Å². The molecule has 0 bridgehead atoms. The maximum atomic E-state index is 12.0. The molecule has 100 valence electrons. The number of aryl methyl sites for hydroxylation is 1. The monoisotopic (exact) mass is 377 g/mol. The summed E-state index contributed by atoms with van der Waals surface area (Å²) in [6.07, 6.45) is 0.840. The van der Waals surface area contributed by atoms with Crippen LogP contribution in [0.5, 0.6) is 0 Å². The van der Waals surface area contributed by atoms with Crippen LogP contribution in [-0.2, 0) is 4.74 Å². The lowest BCUT2D eigenvalue weighted by Crippen LogP contribution is -2.27. The number of ether oxygens (including phenoxy) is 1. The Kier molecular flexibility index (Phi) is 6.89. The molecule has 0 saturated carbocycles. The van der Waals surface area contributed by atoms with Crippen LogP contribution in [0.4, 0.5) is 0 Å².